The van der Waals surface area contributed by atoms with Gasteiger partial charge in [0.25, 0.3) is 0 Å². The molecule has 1 nitrogen and oxygen atoms in total. The maximum atomic E-state index is 3.53. The number of rotatable bonds is 3. The molecular formula is C15H23N. The summed E-state index contributed by atoms with van der Waals surface area (Å²) in [5.74, 6) is 0.838. The number of hydrogen-bond acceptors (Lipinski definition) is 1. The molecule has 0 spiro atoms. The fourth-order valence-electron chi connectivity index (χ4n) is 3.05. The van der Waals surface area contributed by atoms with E-state index in [1.165, 1.54) is 42.4 Å². The molecule has 1 atom stereocenters. The van der Waals surface area contributed by atoms with Gasteiger partial charge < -0.3 is 5.32 Å². The van der Waals surface area contributed by atoms with Crippen molar-refractivity contribution in [1.29, 1.82) is 0 Å². The van der Waals surface area contributed by atoms with E-state index in [1.807, 2.05) is 0 Å². The summed E-state index contributed by atoms with van der Waals surface area (Å²) < 4.78 is 0. The van der Waals surface area contributed by atoms with Crippen molar-refractivity contribution in [3.8, 4) is 0 Å². The van der Waals surface area contributed by atoms with Crippen LogP contribution in [0.5, 0.6) is 0 Å². The zero-order chi connectivity index (χ0) is 11.5. The molecule has 2 rings (SSSR count). The van der Waals surface area contributed by atoms with Gasteiger partial charge in [0.05, 0.1) is 0 Å². The molecule has 0 saturated heterocycles. The van der Waals surface area contributed by atoms with Gasteiger partial charge in [-0.2, -0.15) is 0 Å². The lowest BCUT2D eigenvalue weighted by Gasteiger charge is -2.25. The van der Waals surface area contributed by atoms with Crippen LogP contribution in [0.4, 0.5) is 0 Å². The van der Waals surface area contributed by atoms with Crippen LogP contribution in [-0.2, 0) is 0 Å². The zero-order valence-electron chi connectivity index (χ0n) is 10.7. The van der Waals surface area contributed by atoms with Gasteiger partial charge in [0, 0.05) is 6.04 Å². The summed E-state index contributed by atoms with van der Waals surface area (Å²) in [6, 6.07) is 7.25. The Bertz CT molecular complexity index is 350. The Morgan fingerprint density at radius 1 is 1.19 bits per heavy atom. The first-order valence-electron chi connectivity index (χ1n) is 6.47. The molecule has 1 heteroatoms. The van der Waals surface area contributed by atoms with Crippen LogP contribution in [0.3, 0.4) is 0 Å². The van der Waals surface area contributed by atoms with Gasteiger partial charge in [-0.3, -0.25) is 0 Å². The summed E-state index contributed by atoms with van der Waals surface area (Å²) in [7, 11) is 2.10. The predicted molar refractivity (Wildman–Crippen MR) is 69.7 cm³/mol. The van der Waals surface area contributed by atoms with Crippen LogP contribution in [-0.4, -0.2) is 7.05 Å². The molecule has 1 aliphatic carbocycles. The molecular weight excluding hydrogens is 194 g/mol. The first kappa shape index (κ1) is 11.7. The molecule has 1 aromatic rings. The predicted octanol–water partition coefficient (Wildman–Crippen LogP) is 3.75. The molecule has 1 unspecified atom stereocenters. The number of aryl methyl sites for hydroxylation is 1. The Morgan fingerprint density at radius 3 is 2.50 bits per heavy atom. The minimum atomic E-state index is 0.558. The summed E-state index contributed by atoms with van der Waals surface area (Å²) in [6.45, 7) is 4.46. The Kier molecular flexibility index (Phi) is 3.65. The minimum absolute atomic E-state index is 0.558. The van der Waals surface area contributed by atoms with Gasteiger partial charge in [0.1, 0.15) is 0 Å². The van der Waals surface area contributed by atoms with E-state index in [9.17, 15) is 0 Å². The maximum absolute atomic E-state index is 3.53. The largest absolute Gasteiger partial charge is 0.313 e. The molecule has 1 fully saturated rings. The zero-order valence-corrected chi connectivity index (χ0v) is 10.7. The average molecular weight is 217 g/mol. The Balaban J connectivity index is 2.28. The summed E-state index contributed by atoms with van der Waals surface area (Å²) in [4.78, 5) is 0. The van der Waals surface area contributed by atoms with E-state index >= 15 is 0 Å². The van der Waals surface area contributed by atoms with Crippen LogP contribution in [0.1, 0.15) is 48.4 Å². The molecule has 0 aliphatic heterocycles. The second-order valence-electron chi connectivity index (χ2n) is 5.10. The van der Waals surface area contributed by atoms with E-state index in [1.54, 1.807) is 0 Å². The Hall–Kier alpha value is -0.820. The van der Waals surface area contributed by atoms with E-state index in [4.69, 9.17) is 0 Å². The van der Waals surface area contributed by atoms with E-state index < -0.39 is 0 Å². The van der Waals surface area contributed by atoms with Crippen molar-refractivity contribution >= 4 is 0 Å². The lowest BCUT2D eigenvalue weighted by atomic mass is 9.88. The lowest BCUT2D eigenvalue weighted by Crippen LogP contribution is -2.24. The summed E-state index contributed by atoms with van der Waals surface area (Å²) in [5, 5.41) is 3.53. The monoisotopic (exact) mass is 217 g/mol. The van der Waals surface area contributed by atoms with Gasteiger partial charge in [0.2, 0.25) is 0 Å². The quantitative estimate of drug-likeness (QED) is 0.813. The van der Waals surface area contributed by atoms with Crippen molar-refractivity contribution in [3.63, 3.8) is 0 Å². The van der Waals surface area contributed by atoms with E-state index in [0.29, 0.717) is 6.04 Å². The first-order valence-corrected chi connectivity index (χ1v) is 6.47. The van der Waals surface area contributed by atoms with Gasteiger partial charge in [-0.15, -0.1) is 0 Å². The van der Waals surface area contributed by atoms with Crippen LogP contribution in [0, 0.1) is 19.8 Å². The molecule has 88 valence electrons. The number of hydrogen-bond donors (Lipinski definition) is 1. The van der Waals surface area contributed by atoms with E-state index in [-0.39, 0.29) is 0 Å². The molecule has 1 aromatic carbocycles. The van der Waals surface area contributed by atoms with Gasteiger partial charge in [-0.1, -0.05) is 31.0 Å². The molecule has 0 aromatic heterocycles. The third-order valence-electron chi connectivity index (χ3n) is 4.16. The molecule has 1 N–H and O–H groups in total. The smallest absolute Gasteiger partial charge is 0.0348 e. The van der Waals surface area contributed by atoms with Gasteiger partial charge >= 0.3 is 0 Å². The minimum Gasteiger partial charge on any atom is -0.313 e. The van der Waals surface area contributed by atoms with Crippen LogP contribution in [0.25, 0.3) is 0 Å². The average Bonchev–Trinajstić information content (AvgIpc) is 2.79. The highest BCUT2D eigenvalue weighted by atomic mass is 14.9. The van der Waals surface area contributed by atoms with Crippen LogP contribution < -0.4 is 5.32 Å². The lowest BCUT2D eigenvalue weighted by molar-refractivity contribution is 0.389. The molecule has 0 bridgehead atoms. The van der Waals surface area contributed by atoms with Gasteiger partial charge in [0.15, 0.2) is 0 Å². The second-order valence-corrected chi connectivity index (χ2v) is 5.10. The molecule has 0 amide bonds. The highest BCUT2D eigenvalue weighted by Crippen LogP contribution is 2.36. The fourth-order valence-corrected chi connectivity index (χ4v) is 3.05. The third kappa shape index (κ3) is 2.15. The fraction of sp³-hybridized carbons (Fsp3) is 0.600. The van der Waals surface area contributed by atoms with Crippen molar-refractivity contribution < 1.29 is 0 Å². The Labute approximate surface area is 99.3 Å². The molecule has 0 heterocycles. The van der Waals surface area contributed by atoms with Crippen molar-refractivity contribution in [1.82, 2.24) is 5.32 Å². The van der Waals surface area contributed by atoms with E-state index in [2.05, 4.69) is 44.4 Å². The first-order chi connectivity index (χ1) is 7.74. The Morgan fingerprint density at radius 2 is 1.88 bits per heavy atom. The van der Waals surface area contributed by atoms with Crippen LogP contribution >= 0.6 is 0 Å². The van der Waals surface area contributed by atoms with Crippen LogP contribution in [0.15, 0.2) is 18.2 Å². The van der Waals surface area contributed by atoms with Crippen molar-refractivity contribution in [2.75, 3.05) is 7.05 Å². The SMILES string of the molecule is CNC(c1cccc(C)c1C)C1CCCC1. The summed E-state index contributed by atoms with van der Waals surface area (Å²) >= 11 is 0. The topological polar surface area (TPSA) is 12.0 Å². The molecule has 1 saturated carbocycles. The third-order valence-corrected chi connectivity index (χ3v) is 4.16. The van der Waals surface area contributed by atoms with Crippen molar-refractivity contribution in [2.45, 2.75) is 45.6 Å². The number of benzene rings is 1. The molecule has 0 radical (unpaired) electrons. The molecule has 1 aliphatic rings. The van der Waals surface area contributed by atoms with Crippen LogP contribution in [0.2, 0.25) is 0 Å². The van der Waals surface area contributed by atoms with Gasteiger partial charge in [-0.05, 0) is 56.3 Å². The number of nitrogens with one attached hydrogen (secondary N) is 1. The summed E-state index contributed by atoms with van der Waals surface area (Å²) in [6.07, 6.45) is 5.60. The normalized spacial score (nSPS) is 18.9. The molecule has 16 heavy (non-hydrogen) atoms. The van der Waals surface area contributed by atoms with E-state index in [0.717, 1.165) is 5.92 Å². The second kappa shape index (κ2) is 5.01. The van der Waals surface area contributed by atoms with Gasteiger partial charge in [-0.25, -0.2) is 0 Å². The summed E-state index contributed by atoms with van der Waals surface area (Å²) in [5.41, 5.74) is 4.39. The standard InChI is InChI=1S/C15H23N/c1-11-7-6-10-14(12(11)2)15(16-3)13-8-4-5-9-13/h6-7,10,13,15-16H,4-5,8-9H2,1-3H3. The highest BCUT2D eigenvalue weighted by molar-refractivity contribution is 5.35. The van der Waals surface area contributed by atoms with Crippen molar-refractivity contribution in [3.05, 3.63) is 34.9 Å². The maximum Gasteiger partial charge on any atom is 0.0348 e. The van der Waals surface area contributed by atoms with Crippen molar-refractivity contribution in [2.24, 2.45) is 5.92 Å². The highest BCUT2D eigenvalue weighted by Gasteiger charge is 2.26.